The molecule has 0 heterocycles. The first-order chi connectivity index (χ1) is 14.4. The fraction of sp³-hybridized carbons (Fsp3) is 0.571. The van der Waals surface area contributed by atoms with Gasteiger partial charge in [-0.2, -0.15) is 0 Å². The fourth-order valence-corrected chi connectivity index (χ4v) is 2.20. The van der Waals surface area contributed by atoms with Crippen molar-refractivity contribution in [2.45, 2.75) is 64.1 Å². The van der Waals surface area contributed by atoms with Gasteiger partial charge in [-0.15, -0.1) is 0 Å². The maximum Gasteiger partial charge on any atom is 0.320 e. The fourth-order valence-electron chi connectivity index (χ4n) is 2.20. The molecule has 11 N–H and O–H groups in total. The normalized spacial score (nSPS) is 13.0. The van der Waals surface area contributed by atoms with Gasteiger partial charge in [-0.25, -0.2) is 0 Å². The topological polar surface area (TPSA) is 216 Å². The van der Waals surface area contributed by atoms with Gasteiger partial charge in [0.2, 0.25) is 0 Å². The van der Waals surface area contributed by atoms with Crippen molar-refractivity contribution in [2.75, 3.05) is 6.54 Å². The molecule has 0 spiro atoms. The van der Waals surface area contributed by atoms with Crippen molar-refractivity contribution in [1.29, 1.82) is 0 Å². The summed E-state index contributed by atoms with van der Waals surface area (Å²) >= 11 is 0. The summed E-state index contributed by atoms with van der Waals surface area (Å²) in [6.07, 6.45) is 3.10. The Labute approximate surface area is 183 Å². The predicted molar refractivity (Wildman–Crippen MR) is 119 cm³/mol. The number of carbonyl (C=O) groups is 3. The lowest BCUT2D eigenvalue weighted by Crippen LogP contribution is -2.32. The second kappa shape index (κ2) is 18.3. The van der Waals surface area contributed by atoms with E-state index in [4.69, 9.17) is 38.3 Å². The summed E-state index contributed by atoms with van der Waals surface area (Å²) in [6.45, 7) is 4.50. The second-order valence-corrected chi connectivity index (χ2v) is 7.44. The van der Waals surface area contributed by atoms with Crippen molar-refractivity contribution in [3.05, 3.63) is 35.9 Å². The van der Waals surface area contributed by atoms with Gasteiger partial charge in [-0.1, -0.05) is 50.6 Å². The highest BCUT2D eigenvalue weighted by atomic mass is 16.4. The molecule has 0 aliphatic rings. The van der Waals surface area contributed by atoms with Crippen LogP contribution in [0.4, 0.5) is 0 Å². The van der Waals surface area contributed by atoms with E-state index in [1.807, 2.05) is 44.2 Å². The van der Waals surface area contributed by atoms with Crippen molar-refractivity contribution in [2.24, 2.45) is 28.9 Å². The van der Waals surface area contributed by atoms with Gasteiger partial charge >= 0.3 is 17.9 Å². The standard InChI is InChI=1S/C9H11NO2.C6H14N2O2.C6H13NO2/c10-8(9(11)12)6-7-4-2-1-3-5-7;7-4-2-1-3-5(8)6(9)10;1-4(2)3-5(7)6(8)9/h1-5,8H,6,10H2,(H,11,12);5H,1-4,7-8H2,(H,9,10);4-5H,3,7H2,1-2H3,(H,8,9)/t8-;2*5-/m000/s1. The number of carboxylic acids is 3. The Morgan fingerprint density at radius 2 is 1.29 bits per heavy atom. The van der Waals surface area contributed by atoms with Crippen molar-refractivity contribution in [3.63, 3.8) is 0 Å². The van der Waals surface area contributed by atoms with Crippen LogP contribution in [0.1, 0.15) is 45.1 Å². The van der Waals surface area contributed by atoms with Crippen molar-refractivity contribution >= 4 is 17.9 Å². The van der Waals surface area contributed by atoms with Gasteiger partial charge in [-0.05, 0) is 43.7 Å². The lowest BCUT2D eigenvalue weighted by atomic mass is 10.1. The molecule has 0 saturated carbocycles. The molecule has 31 heavy (non-hydrogen) atoms. The van der Waals surface area contributed by atoms with Crippen LogP contribution in [0.3, 0.4) is 0 Å². The third kappa shape index (κ3) is 19.2. The molecule has 0 bridgehead atoms. The maximum atomic E-state index is 10.4. The first kappa shape index (κ1) is 30.7. The van der Waals surface area contributed by atoms with Crippen LogP contribution in [-0.2, 0) is 20.8 Å². The van der Waals surface area contributed by atoms with Crippen LogP contribution >= 0.6 is 0 Å². The van der Waals surface area contributed by atoms with E-state index in [9.17, 15) is 14.4 Å². The van der Waals surface area contributed by atoms with Crippen LogP contribution in [0.2, 0.25) is 0 Å². The number of carboxylic acid groups (broad SMARTS) is 3. The second-order valence-electron chi connectivity index (χ2n) is 7.44. The zero-order valence-corrected chi connectivity index (χ0v) is 18.3. The molecule has 0 saturated heterocycles. The smallest absolute Gasteiger partial charge is 0.320 e. The quantitative estimate of drug-likeness (QED) is 0.237. The Balaban J connectivity index is 0. The van der Waals surface area contributed by atoms with Gasteiger partial charge in [0.1, 0.15) is 18.1 Å². The Morgan fingerprint density at radius 3 is 1.65 bits per heavy atom. The maximum absolute atomic E-state index is 10.4. The van der Waals surface area contributed by atoms with E-state index in [1.165, 1.54) is 0 Å². The number of unbranched alkanes of at least 4 members (excludes halogenated alkanes) is 1. The zero-order valence-electron chi connectivity index (χ0n) is 18.3. The first-order valence-electron chi connectivity index (χ1n) is 10.1. The Morgan fingerprint density at radius 1 is 0.806 bits per heavy atom. The largest absolute Gasteiger partial charge is 0.480 e. The summed E-state index contributed by atoms with van der Waals surface area (Å²) in [6, 6.07) is 7.14. The average Bonchev–Trinajstić information content (AvgIpc) is 2.69. The molecule has 0 fully saturated rings. The van der Waals surface area contributed by atoms with Crippen LogP contribution < -0.4 is 22.9 Å². The summed E-state index contributed by atoms with van der Waals surface area (Å²) < 4.78 is 0. The summed E-state index contributed by atoms with van der Waals surface area (Å²) in [5.74, 6) is -2.45. The van der Waals surface area contributed by atoms with Gasteiger partial charge < -0.3 is 38.3 Å². The van der Waals surface area contributed by atoms with E-state index in [0.29, 0.717) is 31.7 Å². The number of benzene rings is 1. The van der Waals surface area contributed by atoms with E-state index in [-0.39, 0.29) is 0 Å². The molecular formula is C21H38N4O6. The molecule has 1 aromatic carbocycles. The molecule has 3 atom stereocenters. The monoisotopic (exact) mass is 442 g/mol. The van der Waals surface area contributed by atoms with Crippen LogP contribution in [0.5, 0.6) is 0 Å². The molecule has 0 aromatic heterocycles. The van der Waals surface area contributed by atoms with Crippen LogP contribution in [0.15, 0.2) is 30.3 Å². The van der Waals surface area contributed by atoms with E-state index in [0.717, 1.165) is 18.4 Å². The van der Waals surface area contributed by atoms with Gasteiger partial charge in [0.15, 0.2) is 0 Å². The minimum atomic E-state index is -0.959. The van der Waals surface area contributed by atoms with E-state index < -0.39 is 36.0 Å². The first-order valence-corrected chi connectivity index (χ1v) is 10.1. The lowest BCUT2D eigenvalue weighted by molar-refractivity contribution is -0.139. The number of aliphatic carboxylic acids is 3. The third-order valence-corrected chi connectivity index (χ3v) is 3.94. The van der Waals surface area contributed by atoms with Crippen LogP contribution in [0.25, 0.3) is 0 Å². The SMILES string of the molecule is CC(C)C[C@H](N)C(=O)O.NCCCC[C@H](N)C(=O)O.N[C@@H](Cc1ccccc1)C(=O)O. The Hall–Kier alpha value is -2.53. The van der Waals surface area contributed by atoms with Crippen molar-refractivity contribution in [1.82, 2.24) is 0 Å². The summed E-state index contributed by atoms with van der Waals surface area (Å²) in [5, 5.41) is 25.1. The lowest BCUT2D eigenvalue weighted by Gasteiger charge is -2.07. The number of rotatable bonds is 11. The summed E-state index contributed by atoms with van der Waals surface area (Å²) in [7, 11) is 0. The van der Waals surface area contributed by atoms with Crippen LogP contribution in [-0.4, -0.2) is 57.9 Å². The minimum absolute atomic E-state index is 0.357. The van der Waals surface area contributed by atoms with Gasteiger partial charge in [0.25, 0.3) is 0 Å². The summed E-state index contributed by atoms with van der Waals surface area (Å²) in [5.41, 5.74) is 21.9. The number of hydrogen-bond acceptors (Lipinski definition) is 7. The van der Waals surface area contributed by atoms with Gasteiger partial charge in [0, 0.05) is 0 Å². The molecule has 10 heteroatoms. The molecule has 0 aliphatic heterocycles. The van der Waals surface area contributed by atoms with E-state index >= 15 is 0 Å². The third-order valence-electron chi connectivity index (χ3n) is 3.94. The van der Waals surface area contributed by atoms with Gasteiger partial charge in [0.05, 0.1) is 0 Å². The summed E-state index contributed by atoms with van der Waals surface area (Å²) in [4.78, 5) is 30.6. The molecule has 1 rings (SSSR count). The minimum Gasteiger partial charge on any atom is -0.480 e. The molecule has 0 radical (unpaired) electrons. The van der Waals surface area contributed by atoms with Gasteiger partial charge in [-0.3, -0.25) is 14.4 Å². The van der Waals surface area contributed by atoms with Crippen molar-refractivity contribution < 1.29 is 29.7 Å². The average molecular weight is 443 g/mol. The Bertz CT molecular complexity index is 628. The molecule has 178 valence electrons. The molecule has 0 amide bonds. The van der Waals surface area contributed by atoms with E-state index in [1.54, 1.807) is 0 Å². The van der Waals surface area contributed by atoms with Crippen molar-refractivity contribution in [3.8, 4) is 0 Å². The molecule has 0 unspecified atom stereocenters. The highest BCUT2D eigenvalue weighted by Gasteiger charge is 2.12. The number of nitrogens with two attached hydrogens (primary N) is 4. The van der Waals surface area contributed by atoms with E-state index in [2.05, 4.69) is 0 Å². The highest BCUT2D eigenvalue weighted by molar-refractivity contribution is 5.73. The molecule has 10 nitrogen and oxygen atoms in total. The predicted octanol–water partition coefficient (Wildman–Crippen LogP) is 0.613. The highest BCUT2D eigenvalue weighted by Crippen LogP contribution is 2.02. The molecular weight excluding hydrogens is 404 g/mol. The number of hydrogen-bond donors (Lipinski definition) is 7. The Kier molecular flexibility index (Phi) is 18.1. The molecule has 1 aromatic rings. The molecule has 0 aliphatic carbocycles. The zero-order chi connectivity index (χ0) is 24.4. The van der Waals surface area contributed by atoms with Crippen LogP contribution in [0, 0.1) is 5.92 Å².